The normalized spacial score (nSPS) is 28.3. The average Bonchev–Trinajstić information content (AvgIpc) is 3.14. The molecule has 9 nitrogen and oxygen atoms in total. The Bertz CT molecular complexity index is 763. The molecular formula is C20H29N5O4. The molecule has 0 aromatic heterocycles. The number of primary amides is 1. The zero-order valence-corrected chi connectivity index (χ0v) is 16.8. The van der Waals surface area contributed by atoms with Gasteiger partial charge in [0.05, 0.1) is 25.3 Å². The summed E-state index contributed by atoms with van der Waals surface area (Å²) >= 11 is 0. The van der Waals surface area contributed by atoms with Crippen LogP contribution in [0, 0.1) is 0 Å². The molecule has 1 aromatic carbocycles. The zero-order chi connectivity index (χ0) is 21.0. The zero-order valence-electron chi connectivity index (χ0n) is 16.8. The molecular weight excluding hydrogens is 374 g/mol. The summed E-state index contributed by atoms with van der Waals surface area (Å²) in [6, 6.07) is 9.31. The maximum atomic E-state index is 12.7. The van der Waals surface area contributed by atoms with Crippen molar-refractivity contribution in [2.24, 2.45) is 11.5 Å². The number of nitrogens with two attached hydrogens (primary N) is 2. The lowest BCUT2D eigenvalue weighted by Crippen LogP contribution is -2.58. The van der Waals surface area contributed by atoms with Gasteiger partial charge in [-0.05, 0) is 25.0 Å². The van der Waals surface area contributed by atoms with Crippen molar-refractivity contribution in [2.75, 3.05) is 20.3 Å². The molecule has 0 bridgehead atoms. The molecule has 2 heterocycles. The maximum Gasteiger partial charge on any atom is 0.268 e. The summed E-state index contributed by atoms with van der Waals surface area (Å²) in [5.41, 5.74) is 14.8. The molecule has 158 valence electrons. The molecule has 1 aromatic rings. The third-order valence-electron chi connectivity index (χ3n) is 5.38. The van der Waals surface area contributed by atoms with Gasteiger partial charge in [0, 0.05) is 13.5 Å². The monoisotopic (exact) mass is 403 g/mol. The van der Waals surface area contributed by atoms with Gasteiger partial charge in [0.1, 0.15) is 11.2 Å². The van der Waals surface area contributed by atoms with E-state index in [1.807, 2.05) is 37.3 Å². The van der Waals surface area contributed by atoms with Gasteiger partial charge in [-0.25, -0.2) is 0 Å². The lowest BCUT2D eigenvalue weighted by molar-refractivity contribution is -0.191. The van der Waals surface area contributed by atoms with E-state index in [0.29, 0.717) is 26.1 Å². The number of amides is 2. The molecule has 2 amide bonds. The summed E-state index contributed by atoms with van der Waals surface area (Å²) in [4.78, 5) is 25.0. The molecule has 2 aliphatic rings. The van der Waals surface area contributed by atoms with Crippen LogP contribution in [0.2, 0.25) is 0 Å². The van der Waals surface area contributed by atoms with Gasteiger partial charge in [0.15, 0.2) is 6.29 Å². The highest BCUT2D eigenvalue weighted by Crippen LogP contribution is 2.36. The molecule has 1 unspecified atom stereocenters. The van der Waals surface area contributed by atoms with Crippen molar-refractivity contribution in [1.29, 1.82) is 0 Å². The summed E-state index contributed by atoms with van der Waals surface area (Å²) < 4.78 is 11.2. The van der Waals surface area contributed by atoms with E-state index in [2.05, 4.69) is 10.7 Å². The van der Waals surface area contributed by atoms with E-state index in [9.17, 15) is 9.59 Å². The van der Waals surface area contributed by atoms with Gasteiger partial charge in [-0.1, -0.05) is 30.3 Å². The number of likely N-dealkylation sites (N-methyl/N-ethyl adjacent to an activating group) is 1. The number of hydrazine groups is 1. The van der Waals surface area contributed by atoms with Gasteiger partial charge in [-0.3, -0.25) is 9.59 Å². The minimum Gasteiger partial charge on any atom is -0.368 e. The quantitative estimate of drug-likeness (QED) is 0.500. The number of hydrogen-bond donors (Lipinski definition) is 4. The molecule has 3 rings (SSSR count). The van der Waals surface area contributed by atoms with Crippen LogP contribution >= 0.6 is 0 Å². The van der Waals surface area contributed by atoms with E-state index in [0.717, 1.165) is 5.56 Å². The molecule has 2 atom stereocenters. The number of ether oxygens (including phenoxy) is 2. The van der Waals surface area contributed by atoms with Gasteiger partial charge < -0.3 is 31.7 Å². The molecule has 6 N–H and O–H groups in total. The Hall–Kier alpha value is -2.46. The second kappa shape index (κ2) is 8.91. The van der Waals surface area contributed by atoms with Crippen LogP contribution in [0.5, 0.6) is 0 Å². The lowest BCUT2D eigenvalue weighted by Gasteiger charge is -2.40. The van der Waals surface area contributed by atoms with Gasteiger partial charge >= 0.3 is 0 Å². The van der Waals surface area contributed by atoms with E-state index in [1.165, 1.54) is 7.05 Å². The highest BCUT2D eigenvalue weighted by molar-refractivity contribution is 5.97. The average molecular weight is 403 g/mol. The number of rotatable bonds is 7. The smallest absolute Gasteiger partial charge is 0.268 e. The van der Waals surface area contributed by atoms with E-state index in [1.54, 1.807) is 11.1 Å². The summed E-state index contributed by atoms with van der Waals surface area (Å²) in [6.45, 7) is 2.75. The Kier molecular flexibility index (Phi) is 6.53. The molecule has 29 heavy (non-hydrogen) atoms. The SMILES string of the molecule is CNC(=O)C1=CC(CCC2OCC(N)CO2)(C(N)=O)N([C@@H](C)c2ccccc2)N1. The Morgan fingerprint density at radius 1 is 1.31 bits per heavy atom. The number of nitrogens with one attached hydrogen (secondary N) is 2. The van der Waals surface area contributed by atoms with Crippen LogP contribution in [0.15, 0.2) is 42.1 Å². The predicted octanol–water partition coefficient (Wildman–Crippen LogP) is -0.0978. The van der Waals surface area contributed by atoms with E-state index in [4.69, 9.17) is 20.9 Å². The van der Waals surface area contributed by atoms with Crippen molar-refractivity contribution in [2.45, 2.75) is 43.7 Å². The van der Waals surface area contributed by atoms with Crippen molar-refractivity contribution < 1.29 is 19.1 Å². The number of carbonyl (C=O) groups excluding carboxylic acids is 2. The Labute approximate surface area is 170 Å². The number of hydrogen-bond acceptors (Lipinski definition) is 7. The Morgan fingerprint density at radius 3 is 2.55 bits per heavy atom. The molecule has 0 saturated carbocycles. The van der Waals surface area contributed by atoms with Crippen molar-refractivity contribution in [3.63, 3.8) is 0 Å². The van der Waals surface area contributed by atoms with Crippen molar-refractivity contribution in [3.05, 3.63) is 47.7 Å². The van der Waals surface area contributed by atoms with E-state index in [-0.39, 0.29) is 23.7 Å². The topological polar surface area (TPSA) is 132 Å². The van der Waals surface area contributed by atoms with Gasteiger partial charge in [0.25, 0.3) is 5.91 Å². The van der Waals surface area contributed by atoms with Crippen LogP contribution < -0.4 is 22.2 Å². The third kappa shape index (κ3) is 4.43. The Morgan fingerprint density at radius 2 is 1.97 bits per heavy atom. The molecule has 9 heteroatoms. The van der Waals surface area contributed by atoms with Crippen LogP contribution in [0.1, 0.15) is 31.4 Å². The number of benzene rings is 1. The van der Waals surface area contributed by atoms with E-state index < -0.39 is 17.7 Å². The van der Waals surface area contributed by atoms with Gasteiger partial charge in [-0.2, -0.15) is 5.01 Å². The van der Waals surface area contributed by atoms with Gasteiger partial charge in [0.2, 0.25) is 5.91 Å². The largest absolute Gasteiger partial charge is 0.368 e. The fraction of sp³-hybridized carbons (Fsp3) is 0.500. The number of nitrogens with zero attached hydrogens (tertiary/aromatic N) is 1. The standard InChI is InChI=1S/C20H29N5O4/c1-13(14-6-4-3-5-7-14)25-20(19(22)27,10-16(24-25)18(26)23-2)9-8-17-28-11-15(21)12-29-17/h3-7,10,13,15,17,24H,8-9,11-12,21H2,1-2H3,(H2,22,27)(H,23,26)/t13-,15?,17?,20?/m0/s1. The molecule has 2 aliphatic heterocycles. The Balaban J connectivity index is 1.88. The lowest BCUT2D eigenvalue weighted by atomic mass is 9.89. The first-order chi connectivity index (χ1) is 13.9. The van der Waals surface area contributed by atoms with E-state index >= 15 is 0 Å². The van der Waals surface area contributed by atoms with Crippen LogP contribution in [0.25, 0.3) is 0 Å². The first-order valence-electron chi connectivity index (χ1n) is 9.72. The maximum absolute atomic E-state index is 12.7. The van der Waals surface area contributed by atoms with Crippen molar-refractivity contribution in [3.8, 4) is 0 Å². The fourth-order valence-corrected chi connectivity index (χ4v) is 3.71. The minimum absolute atomic E-state index is 0.154. The second-order valence-electron chi connectivity index (χ2n) is 7.39. The third-order valence-corrected chi connectivity index (χ3v) is 5.38. The highest BCUT2D eigenvalue weighted by Gasteiger charge is 2.49. The van der Waals surface area contributed by atoms with Crippen molar-refractivity contribution in [1.82, 2.24) is 15.8 Å². The highest BCUT2D eigenvalue weighted by atomic mass is 16.7. The molecule has 0 spiro atoms. The first kappa shape index (κ1) is 21.3. The summed E-state index contributed by atoms with van der Waals surface area (Å²) in [5, 5.41) is 4.32. The van der Waals surface area contributed by atoms with Crippen LogP contribution in [-0.4, -0.2) is 55.0 Å². The predicted molar refractivity (Wildman–Crippen MR) is 107 cm³/mol. The molecule has 0 radical (unpaired) electrons. The molecule has 0 aliphatic carbocycles. The molecule has 1 saturated heterocycles. The van der Waals surface area contributed by atoms with Crippen molar-refractivity contribution >= 4 is 11.8 Å². The fourth-order valence-electron chi connectivity index (χ4n) is 3.71. The number of carbonyl (C=O) groups is 2. The minimum atomic E-state index is -1.22. The van der Waals surface area contributed by atoms with Crippen LogP contribution in [0.3, 0.4) is 0 Å². The summed E-state index contributed by atoms with van der Waals surface area (Å²) in [7, 11) is 1.53. The summed E-state index contributed by atoms with van der Waals surface area (Å²) in [6.07, 6.45) is 1.86. The summed E-state index contributed by atoms with van der Waals surface area (Å²) in [5.74, 6) is -0.881. The van der Waals surface area contributed by atoms with Crippen LogP contribution in [-0.2, 0) is 19.1 Å². The van der Waals surface area contributed by atoms with Crippen LogP contribution in [0.4, 0.5) is 0 Å². The molecule has 1 fully saturated rings. The van der Waals surface area contributed by atoms with Gasteiger partial charge in [-0.15, -0.1) is 0 Å². The second-order valence-corrected chi connectivity index (χ2v) is 7.39. The first-order valence-corrected chi connectivity index (χ1v) is 9.72.